The summed E-state index contributed by atoms with van der Waals surface area (Å²) in [6.45, 7) is 3.04. The third-order valence-electron chi connectivity index (χ3n) is 4.73. The van der Waals surface area contributed by atoms with Crippen LogP contribution in [-0.2, 0) is 9.59 Å². The van der Waals surface area contributed by atoms with Crippen molar-refractivity contribution in [2.75, 3.05) is 6.54 Å². The highest BCUT2D eigenvalue weighted by Gasteiger charge is 2.48. The number of aliphatic hydroxyl groups is 1. The number of imide groups is 1. The molecule has 116 valence electrons. The van der Waals surface area contributed by atoms with E-state index in [1.54, 1.807) is 18.7 Å². The molecule has 2 atom stereocenters. The van der Waals surface area contributed by atoms with Gasteiger partial charge in [-0.15, -0.1) is 0 Å². The number of rotatable bonds is 2. The minimum absolute atomic E-state index is 0.0417. The molecule has 3 saturated heterocycles. The number of amides is 4. The Bertz CT molecular complexity index is 490. The van der Waals surface area contributed by atoms with E-state index in [4.69, 9.17) is 0 Å². The molecular formula is C14H21N3O4. The molecule has 7 nitrogen and oxygen atoms in total. The van der Waals surface area contributed by atoms with E-state index in [1.165, 1.54) is 0 Å². The van der Waals surface area contributed by atoms with E-state index in [0.29, 0.717) is 12.8 Å². The molecular weight excluding hydrogens is 274 g/mol. The van der Waals surface area contributed by atoms with Gasteiger partial charge in [0.25, 0.3) is 5.91 Å². The van der Waals surface area contributed by atoms with Gasteiger partial charge in [-0.1, -0.05) is 0 Å². The maximum Gasteiger partial charge on any atom is 0.325 e. The fourth-order valence-electron chi connectivity index (χ4n) is 3.73. The first-order valence-electron chi connectivity index (χ1n) is 7.43. The van der Waals surface area contributed by atoms with E-state index < -0.39 is 11.6 Å². The highest BCUT2D eigenvalue weighted by molar-refractivity contribution is 6.08. The second-order valence-corrected chi connectivity index (χ2v) is 6.76. The predicted octanol–water partition coefficient (Wildman–Crippen LogP) is -0.169. The molecule has 7 heteroatoms. The number of hydrogen-bond donors (Lipinski definition) is 2. The Kier molecular flexibility index (Phi) is 3.20. The average molecular weight is 295 g/mol. The van der Waals surface area contributed by atoms with Crippen molar-refractivity contribution in [1.29, 1.82) is 0 Å². The van der Waals surface area contributed by atoms with Crippen LogP contribution in [0.1, 0.15) is 39.5 Å². The van der Waals surface area contributed by atoms with Crippen molar-refractivity contribution in [1.82, 2.24) is 15.1 Å². The van der Waals surface area contributed by atoms with Crippen LogP contribution < -0.4 is 5.32 Å². The van der Waals surface area contributed by atoms with Crippen molar-refractivity contribution in [3.63, 3.8) is 0 Å². The third-order valence-corrected chi connectivity index (χ3v) is 4.73. The fourth-order valence-corrected chi connectivity index (χ4v) is 3.73. The third kappa shape index (κ3) is 2.29. The summed E-state index contributed by atoms with van der Waals surface area (Å²) < 4.78 is 0. The molecule has 0 aromatic rings. The number of piperidine rings is 1. The Morgan fingerprint density at radius 1 is 1.29 bits per heavy atom. The maximum absolute atomic E-state index is 12.5. The van der Waals surface area contributed by atoms with Crippen LogP contribution in [0.15, 0.2) is 0 Å². The number of carbonyl (C=O) groups excluding carboxylic acids is 3. The molecule has 0 aliphatic carbocycles. The van der Waals surface area contributed by atoms with Gasteiger partial charge >= 0.3 is 6.03 Å². The second-order valence-electron chi connectivity index (χ2n) is 6.76. The van der Waals surface area contributed by atoms with Crippen LogP contribution in [0.3, 0.4) is 0 Å². The van der Waals surface area contributed by atoms with E-state index in [1.807, 2.05) is 0 Å². The highest BCUT2D eigenvalue weighted by Crippen LogP contribution is 2.36. The molecule has 0 radical (unpaired) electrons. The van der Waals surface area contributed by atoms with Gasteiger partial charge in [0.1, 0.15) is 12.1 Å². The molecule has 3 aliphatic rings. The van der Waals surface area contributed by atoms with Gasteiger partial charge in [-0.2, -0.15) is 0 Å². The molecule has 4 amide bonds. The molecule has 2 bridgehead atoms. The number of carbonyl (C=O) groups is 3. The van der Waals surface area contributed by atoms with Gasteiger partial charge in [-0.05, 0) is 39.5 Å². The molecule has 3 aliphatic heterocycles. The van der Waals surface area contributed by atoms with Crippen molar-refractivity contribution in [3.05, 3.63) is 0 Å². The quantitative estimate of drug-likeness (QED) is 0.692. The zero-order valence-electron chi connectivity index (χ0n) is 12.3. The standard InChI is InChI=1S/C14H21N3O4/c1-14(2)12(20)16(13(21)15-14)7-11(19)17-8-3-4-9(17)6-10(18)5-8/h8-10,18H,3-7H2,1-2H3,(H,15,21). The molecule has 3 fully saturated rings. The van der Waals surface area contributed by atoms with Crippen LogP contribution in [-0.4, -0.2) is 63.0 Å². The SMILES string of the molecule is CC1(C)NC(=O)N(CC(=O)N2C3CCC2CC(O)C3)C1=O. The summed E-state index contributed by atoms with van der Waals surface area (Å²) in [7, 11) is 0. The minimum atomic E-state index is -0.950. The van der Waals surface area contributed by atoms with Gasteiger partial charge in [0.05, 0.1) is 6.10 Å². The Balaban J connectivity index is 1.70. The lowest BCUT2D eigenvalue weighted by molar-refractivity contribution is -0.142. The lowest BCUT2D eigenvalue weighted by Gasteiger charge is -2.37. The topological polar surface area (TPSA) is 90.0 Å². The summed E-state index contributed by atoms with van der Waals surface area (Å²) in [5, 5.41) is 12.3. The smallest absolute Gasteiger partial charge is 0.325 e. The molecule has 0 aromatic heterocycles. The lowest BCUT2D eigenvalue weighted by atomic mass is 10.00. The van der Waals surface area contributed by atoms with Gasteiger partial charge in [-0.3, -0.25) is 14.5 Å². The number of hydrogen-bond acceptors (Lipinski definition) is 4. The first-order valence-corrected chi connectivity index (χ1v) is 7.43. The number of aliphatic hydroxyl groups excluding tert-OH is 1. The van der Waals surface area contributed by atoms with Crippen LogP contribution in [0, 0.1) is 0 Å². The van der Waals surface area contributed by atoms with Crippen molar-refractivity contribution in [2.45, 2.75) is 63.3 Å². The van der Waals surface area contributed by atoms with E-state index in [9.17, 15) is 19.5 Å². The summed E-state index contributed by atoms with van der Waals surface area (Å²) >= 11 is 0. The summed E-state index contributed by atoms with van der Waals surface area (Å²) in [6, 6.07) is -0.428. The van der Waals surface area contributed by atoms with Crippen molar-refractivity contribution in [3.8, 4) is 0 Å². The second kappa shape index (κ2) is 4.69. The number of nitrogens with zero attached hydrogens (tertiary/aromatic N) is 2. The van der Waals surface area contributed by atoms with E-state index >= 15 is 0 Å². The molecule has 0 spiro atoms. The molecule has 0 saturated carbocycles. The zero-order valence-corrected chi connectivity index (χ0v) is 12.3. The van der Waals surface area contributed by atoms with E-state index in [0.717, 1.165) is 17.7 Å². The Labute approximate surface area is 123 Å². The summed E-state index contributed by atoms with van der Waals surface area (Å²) in [5.41, 5.74) is -0.950. The van der Waals surface area contributed by atoms with Gasteiger partial charge in [0, 0.05) is 12.1 Å². The Hall–Kier alpha value is -1.63. The number of nitrogens with one attached hydrogen (secondary N) is 1. The van der Waals surface area contributed by atoms with Gasteiger partial charge in [0.2, 0.25) is 5.91 Å². The van der Waals surface area contributed by atoms with E-state index in [2.05, 4.69) is 5.32 Å². The van der Waals surface area contributed by atoms with Crippen LogP contribution in [0.5, 0.6) is 0 Å². The summed E-state index contributed by atoms with van der Waals surface area (Å²) in [6.07, 6.45) is 2.61. The number of fused-ring (bicyclic) bond motifs is 2. The monoisotopic (exact) mass is 295 g/mol. The maximum atomic E-state index is 12.5. The average Bonchev–Trinajstić information content (AvgIpc) is 2.75. The van der Waals surface area contributed by atoms with Crippen molar-refractivity contribution < 1.29 is 19.5 Å². The van der Waals surface area contributed by atoms with Gasteiger partial charge in [0.15, 0.2) is 0 Å². The van der Waals surface area contributed by atoms with Crippen LogP contribution in [0.2, 0.25) is 0 Å². The molecule has 0 aromatic carbocycles. The van der Waals surface area contributed by atoms with Gasteiger partial charge < -0.3 is 15.3 Å². The highest BCUT2D eigenvalue weighted by atomic mass is 16.3. The predicted molar refractivity (Wildman–Crippen MR) is 73.2 cm³/mol. The Morgan fingerprint density at radius 3 is 2.33 bits per heavy atom. The Morgan fingerprint density at radius 2 is 1.86 bits per heavy atom. The van der Waals surface area contributed by atoms with Crippen molar-refractivity contribution in [2.24, 2.45) is 0 Å². The molecule has 3 rings (SSSR count). The van der Waals surface area contributed by atoms with Crippen LogP contribution in [0.4, 0.5) is 4.79 Å². The molecule has 2 unspecified atom stereocenters. The number of urea groups is 1. The summed E-state index contributed by atoms with van der Waals surface area (Å²) in [4.78, 5) is 39.2. The molecule has 21 heavy (non-hydrogen) atoms. The first-order chi connectivity index (χ1) is 9.79. The van der Waals surface area contributed by atoms with Crippen LogP contribution >= 0.6 is 0 Å². The first kappa shape index (κ1) is 14.3. The largest absolute Gasteiger partial charge is 0.393 e. The lowest BCUT2D eigenvalue weighted by Crippen LogP contribution is -2.52. The van der Waals surface area contributed by atoms with Crippen LogP contribution in [0.25, 0.3) is 0 Å². The minimum Gasteiger partial charge on any atom is -0.393 e. The van der Waals surface area contributed by atoms with Crippen molar-refractivity contribution >= 4 is 17.8 Å². The van der Waals surface area contributed by atoms with Gasteiger partial charge in [-0.25, -0.2) is 4.79 Å². The fraction of sp³-hybridized carbons (Fsp3) is 0.786. The summed E-state index contributed by atoms with van der Waals surface area (Å²) in [5.74, 6) is -0.569. The molecule has 3 heterocycles. The zero-order chi connectivity index (χ0) is 15.4. The normalized spacial score (nSPS) is 34.3. The molecule has 2 N–H and O–H groups in total. The van der Waals surface area contributed by atoms with E-state index in [-0.39, 0.29) is 36.5 Å².